The predicted octanol–water partition coefficient (Wildman–Crippen LogP) is 2.48. The van der Waals surface area contributed by atoms with Gasteiger partial charge in [0.25, 0.3) is 0 Å². The molecule has 0 heterocycles. The summed E-state index contributed by atoms with van der Waals surface area (Å²) in [5.41, 5.74) is -0.559. The normalized spacial score (nSPS) is 28.5. The maximum absolute atomic E-state index is 12.0. The van der Waals surface area contributed by atoms with Crippen LogP contribution in [0.2, 0.25) is 0 Å². The number of rotatable bonds is 5. The van der Waals surface area contributed by atoms with Crippen LogP contribution in [0, 0.1) is 17.3 Å². The van der Waals surface area contributed by atoms with Crippen LogP contribution in [0.15, 0.2) is 12.7 Å². The highest BCUT2D eigenvalue weighted by Crippen LogP contribution is 2.60. The van der Waals surface area contributed by atoms with Crippen molar-refractivity contribution in [3.63, 3.8) is 0 Å². The number of hydrogen-bond donors (Lipinski definition) is 1. The first-order valence-corrected chi connectivity index (χ1v) is 5.15. The van der Waals surface area contributed by atoms with E-state index in [0.717, 1.165) is 0 Å². The van der Waals surface area contributed by atoms with Gasteiger partial charge in [0.15, 0.2) is 0 Å². The van der Waals surface area contributed by atoms with Gasteiger partial charge in [0.05, 0.1) is 12.0 Å². The van der Waals surface area contributed by atoms with Crippen molar-refractivity contribution in [2.75, 3.05) is 6.61 Å². The minimum absolute atomic E-state index is 0.458. The van der Waals surface area contributed by atoms with E-state index in [1.807, 2.05) is 0 Å². The summed E-state index contributed by atoms with van der Waals surface area (Å²) < 4.78 is 40.7. The smallest absolute Gasteiger partial charge is 0.411 e. The maximum atomic E-state index is 12.0. The standard InChI is InChI=1S/C11H15F3O3/c1-4-6(17-5-11(12,13)14)7-8(9(15)16)10(7,2)3/h4,6-8H,1,5H2,2-3H3,(H,15,16). The number of aliphatic carboxylic acids is 1. The van der Waals surface area contributed by atoms with Crippen LogP contribution in [-0.2, 0) is 9.53 Å². The Morgan fingerprint density at radius 2 is 2.12 bits per heavy atom. The molecule has 98 valence electrons. The fourth-order valence-corrected chi connectivity index (χ4v) is 2.27. The van der Waals surface area contributed by atoms with Gasteiger partial charge < -0.3 is 9.84 Å². The van der Waals surface area contributed by atoms with Gasteiger partial charge in [-0.25, -0.2) is 0 Å². The average molecular weight is 252 g/mol. The van der Waals surface area contributed by atoms with Gasteiger partial charge in [-0.3, -0.25) is 4.79 Å². The third-order valence-electron chi connectivity index (χ3n) is 3.20. The fourth-order valence-electron chi connectivity index (χ4n) is 2.27. The van der Waals surface area contributed by atoms with Crippen molar-refractivity contribution in [1.29, 1.82) is 0 Å². The van der Waals surface area contributed by atoms with Gasteiger partial charge in [-0.05, 0) is 5.41 Å². The maximum Gasteiger partial charge on any atom is 0.411 e. The highest BCUT2D eigenvalue weighted by Gasteiger charge is 2.65. The molecule has 1 rings (SSSR count). The first-order valence-electron chi connectivity index (χ1n) is 5.15. The summed E-state index contributed by atoms with van der Waals surface area (Å²) in [5, 5.41) is 8.92. The fraction of sp³-hybridized carbons (Fsp3) is 0.727. The molecule has 1 N–H and O–H groups in total. The number of carboxylic acids is 1. The van der Waals surface area contributed by atoms with Crippen LogP contribution in [0.5, 0.6) is 0 Å². The Balaban J connectivity index is 2.65. The summed E-state index contributed by atoms with van der Waals surface area (Å²) >= 11 is 0. The second kappa shape index (κ2) is 4.33. The molecule has 3 atom stereocenters. The van der Waals surface area contributed by atoms with E-state index in [4.69, 9.17) is 5.11 Å². The summed E-state index contributed by atoms with van der Waals surface area (Å²) in [5.74, 6) is -2.15. The predicted molar refractivity (Wildman–Crippen MR) is 54.4 cm³/mol. The first-order chi connectivity index (χ1) is 7.61. The molecule has 6 heteroatoms. The minimum Gasteiger partial charge on any atom is -0.481 e. The SMILES string of the molecule is C=CC(OCC(F)(F)F)C1C(C(=O)O)C1(C)C. The van der Waals surface area contributed by atoms with Gasteiger partial charge in [0, 0.05) is 5.92 Å². The minimum atomic E-state index is -4.42. The van der Waals surface area contributed by atoms with E-state index in [9.17, 15) is 18.0 Å². The summed E-state index contributed by atoms with van der Waals surface area (Å²) in [6.07, 6.45) is -4.06. The molecule has 1 fully saturated rings. The molecular weight excluding hydrogens is 237 g/mol. The van der Waals surface area contributed by atoms with Crippen molar-refractivity contribution in [2.45, 2.75) is 26.1 Å². The summed E-state index contributed by atoms with van der Waals surface area (Å²) in [6, 6.07) is 0. The van der Waals surface area contributed by atoms with E-state index in [-0.39, 0.29) is 0 Å². The number of ether oxygens (including phenoxy) is 1. The molecular formula is C11H15F3O3. The molecule has 0 radical (unpaired) electrons. The third kappa shape index (κ3) is 3.00. The van der Waals surface area contributed by atoms with Gasteiger partial charge in [-0.2, -0.15) is 13.2 Å². The Morgan fingerprint density at radius 1 is 1.59 bits per heavy atom. The first kappa shape index (κ1) is 14.0. The van der Waals surface area contributed by atoms with Crippen molar-refractivity contribution in [3.8, 4) is 0 Å². The molecule has 1 saturated carbocycles. The van der Waals surface area contributed by atoms with E-state index < -0.39 is 42.1 Å². The topological polar surface area (TPSA) is 46.5 Å². The highest BCUT2D eigenvalue weighted by molar-refractivity contribution is 5.75. The average Bonchev–Trinajstić information content (AvgIpc) is 2.68. The monoisotopic (exact) mass is 252 g/mol. The van der Waals surface area contributed by atoms with Crippen LogP contribution in [0.3, 0.4) is 0 Å². The van der Waals surface area contributed by atoms with Crippen molar-refractivity contribution >= 4 is 5.97 Å². The van der Waals surface area contributed by atoms with Crippen LogP contribution < -0.4 is 0 Å². The van der Waals surface area contributed by atoms with E-state index in [1.165, 1.54) is 6.08 Å². The second-order valence-corrected chi connectivity index (χ2v) is 4.79. The van der Waals surface area contributed by atoms with E-state index in [0.29, 0.717) is 0 Å². The lowest BCUT2D eigenvalue weighted by atomic mass is 10.1. The lowest BCUT2D eigenvalue weighted by Crippen LogP contribution is -2.25. The second-order valence-electron chi connectivity index (χ2n) is 4.79. The number of carbonyl (C=O) groups is 1. The molecule has 0 saturated heterocycles. The Hall–Kier alpha value is -1.04. The zero-order chi connectivity index (χ0) is 13.4. The molecule has 1 aliphatic carbocycles. The Labute approximate surface area is 97.3 Å². The largest absolute Gasteiger partial charge is 0.481 e. The Morgan fingerprint density at radius 3 is 2.41 bits per heavy atom. The van der Waals surface area contributed by atoms with Crippen molar-refractivity contribution in [2.24, 2.45) is 17.3 Å². The van der Waals surface area contributed by atoms with Gasteiger partial charge in [0.1, 0.15) is 6.61 Å². The number of hydrogen-bond acceptors (Lipinski definition) is 2. The summed E-state index contributed by atoms with van der Waals surface area (Å²) in [4.78, 5) is 10.9. The molecule has 0 aliphatic heterocycles. The van der Waals surface area contributed by atoms with Crippen LogP contribution in [0.4, 0.5) is 13.2 Å². The van der Waals surface area contributed by atoms with Crippen LogP contribution in [-0.4, -0.2) is 30.0 Å². The highest BCUT2D eigenvalue weighted by atomic mass is 19.4. The van der Waals surface area contributed by atoms with Gasteiger partial charge in [-0.15, -0.1) is 6.58 Å². The molecule has 0 amide bonds. The molecule has 3 unspecified atom stereocenters. The summed E-state index contributed by atoms with van der Waals surface area (Å²) in [7, 11) is 0. The van der Waals surface area contributed by atoms with Gasteiger partial charge in [0.2, 0.25) is 0 Å². The third-order valence-corrected chi connectivity index (χ3v) is 3.20. The summed E-state index contributed by atoms with van der Waals surface area (Å²) in [6.45, 7) is 5.41. The quantitative estimate of drug-likeness (QED) is 0.764. The van der Waals surface area contributed by atoms with E-state index in [2.05, 4.69) is 11.3 Å². The zero-order valence-corrected chi connectivity index (χ0v) is 9.62. The van der Waals surface area contributed by atoms with Crippen molar-refractivity contribution in [1.82, 2.24) is 0 Å². The lowest BCUT2D eigenvalue weighted by molar-refractivity contribution is -0.183. The number of alkyl halides is 3. The molecule has 0 spiro atoms. The molecule has 1 aliphatic rings. The van der Waals surface area contributed by atoms with Crippen LogP contribution in [0.1, 0.15) is 13.8 Å². The van der Waals surface area contributed by atoms with Crippen molar-refractivity contribution in [3.05, 3.63) is 12.7 Å². The van der Waals surface area contributed by atoms with Crippen LogP contribution >= 0.6 is 0 Å². The molecule has 0 aromatic rings. The Kier molecular flexibility index (Phi) is 3.57. The Bertz CT molecular complexity index is 322. The molecule has 0 bridgehead atoms. The van der Waals surface area contributed by atoms with Crippen molar-refractivity contribution < 1.29 is 27.8 Å². The van der Waals surface area contributed by atoms with E-state index in [1.54, 1.807) is 13.8 Å². The van der Waals surface area contributed by atoms with Crippen LogP contribution in [0.25, 0.3) is 0 Å². The zero-order valence-electron chi connectivity index (χ0n) is 9.62. The van der Waals surface area contributed by atoms with E-state index >= 15 is 0 Å². The number of halogens is 3. The molecule has 0 aromatic heterocycles. The lowest BCUT2D eigenvalue weighted by Gasteiger charge is -2.16. The number of carboxylic acid groups (broad SMARTS) is 1. The molecule has 17 heavy (non-hydrogen) atoms. The van der Waals surface area contributed by atoms with Gasteiger partial charge in [-0.1, -0.05) is 19.9 Å². The molecule has 0 aromatic carbocycles. The van der Waals surface area contributed by atoms with Gasteiger partial charge >= 0.3 is 12.1 Å². The molecule has 3 nitrogen and oxygen atoms in total.